The van der Waals surface area contributed by atoms with E-state index in [1.807, 2.05) is 19.1 Å². The number of hydrogen-bond acceptors (Lipinski definition) is 3. The van der Waals surface area contributed by atoms with Gasteiger partial charge in [0.2, 0.25) is 6.79 Å². The second-order valence-corrected chi connectivity index (χ2v) is 4.05. The van der Waals surface area contributed by atoms with E-state index in [1.54, 1.807) is 6.92 Å². The summed E-state index contributed by atoms with van der Waals surface area (Å²) in [6, 6.07) is 3.83. The first-order valence-corrected chi connectivity index (χ1v) is 5.20. The van der Waals surface area contributed by atoms with Gasteiger partial charge in [0.05, 0.1) is 5.92 Å². The summed E-state index contributed by atoms with van der Waals surface area (Å²) >= 11 is 0. The van der Waals surface area contributed by atoms with E-state index >= 15 is 0 Å². The normalized spacial score (nSPS) is 14.9. The first-order valence-electron chi connectivity index (χ1n) is 5.20. The van der Waals surface area contributed by atoms with Crippen molar-refractivity contribution in [1.29, 1.82) is 0 Å². The van der Waals surface area contributed by atoms with Crippen LogP contribution in [0.15, 0.2) is 12.1 Å². The molecule has 1 N–H and O–H groups in total. The van der Waals surface area contributed by atoms with Crippen LogP contribution in [0.25, 0.3) is 0 Å². The Hall–Kier alpha value is -1.71. The lowest BCUT2D eigenvalue weighted by Gasteiger charge is -2.10. The molecule has 0 aliphatic carbocycles. The van der Waals surface area contributed by atoms with Crippen LogP contribution in [0.4, 0.5) is 0 Å². The monoisotopic (exact) mass is 222 g/mol. The van der Waals surface area contributed by atoms with Crippen LogP contribution in [0.1, 0.15) is 18.1 Å². The molecule has 1 aliphatic heterocycles. The predicted molar refractivity (Wildman–Crippen MR) is 57.8 cm³/mol. The lowest BCUT2D eigenvalue weighted by Crippen LogP contribution is -2.12. The molecule has 4 heteroatoms. The van der Waals surface area contributed by atoms with E-state index in [9.17, 15) is 4.79 Å². The highest BCUT2D eigenvalue weighted by atomic mass is 16.7. The average molecular weight is 222 g/mol. The first kappa shape index (κ1) is 10.8. The number of carbonyl (C=O) groups is 1. The number of aliphatic carboxylic acids is 1. The van der Waals surface area contributed by atoms with E-state index in [1.165, 1.54) is 0 Å². The second-order valence-electron chi connectivity index (χ2n) is 4.05. The molecular formula is C12H14O4. The van der Waals surface area contributed by atoms with Crippen LogP contribution in [0, 0.1) is 12.8 Å². The van der Waals surface area contributed by atoms with E-state index < -0.39 is 11.9 Å². The van der Waals surface area contributed by atoms with E-state index in [2.05, 4.69) is 0 Å². The summed E-state index contributed by atoms with van der Waals surface area (Å²) in [7, 11) is 0. The molecule has 1 aromatic carbocycles. The van der Waals surface area contributed by atoms with E-state index in [-0.39, 0.29) is 6.79 Å². The van der Waals surface area contributed by atoms with Crippen molar-refractivity contribution in [2.24, 2.45) is 5.92 Å². The molecule has 0 bridgehead atoms. The number of hydrogen-bond donors (Lipinski definition) is 1. The number of ether oxygens (including phenoxy) is 2. The van der Waals surface area contributed by atoms with Gasteiger partial charge in [0.15, 0.2) is 11.5 Å². The first-order chi connectivity index (χ1) is 7.59. The predicted octanol–water partition coefficient (Wildman–Crippen LogP) is 1.99. The molecular weight excluding hydrogens is 208 g/mol. The summed E-state index contributed by atoms with van der Waals surface area (Å²) in [5, 5.41) is 8.87. The van der Waals surface area contributed by atoms with Crippen LogP contribution >= 0.6 is 0 Å². The molecule has 0 fully saturated rings. The van der Waals surface area contributed by atoms with Crippen LogP contribution in [0.3, 0.4) is 0 Å². The SMILES string of the molecule is Cc1ccc(CC(C)C(=O)O)c2c1OCO2. The molecule has 0 radical (unpaired) electrons. The Balaban J connectivity index is 2.29. The van der Waals surface area contributed by atoms with Gasteiger partial charge in [-0.1, -0.05) is 19.1 Å². The molecule has 0 spiro atoms. The number of fused-ring (bicyclic) bond motifs is 1. The minimum atomic E-state index is -0.798. The summed E-state index contributed by atoms with van der Waals surface area (Å²) in [6.45, 7) is 3.84. The molecule has 86 valence electrons. The Kier molecular flexibility index (Phi) is 2.73. The summed E-state index contributed by atoms with van der Waals surface area (Å²) in [5.41, 5.74) is 1.91. The van der Waals surface area contributed by atoms with Gasteiger partial charge in [-0.25, -0.2) is 0 Å². The molecule has 2 rings (SSSR count). The third-order valence-electron chi connectivity index (χ3n) is 2.74. The Labute approximate surface area is 93.8 Å². The zero-order valence-corrected chi connectivity index (χ0v) is 9.32. The van der Waals surface area contributed by atoms with Crippen LogP contribution in [-0.4, -0.2) is 17.9 Å². The number of carboxylic acids is 1. The Morgan fingerprint density at radius 1 is 1.44 bits per heavy atom. The molecule has 1 atom stereocenters. The number of benzene rings is 1. The maximum Gasteiger partial charge on any atom is 0.306 e. The van der Waals surface area contributed by atoms with Crippen molar-refractivity contribution in [2.75, 3.05) is 6.79 Å². The van der Waals surface area contributed by atoms with Crippen molar-refractivity contribution in [3.63, 3.8) is 0 Å². The molecule has 0 amide bonds. The number of carboxylic acid groups (broad SMARTS) is 1. The molecule has 16 heavy (non-hydrogen) atoms. The number of rotatable bonds is 3. The molecule has 1 unspecified atom stereocenters. The van der Waals surface area contributed by atoms with Gasteiger partial charge in [0, 0.05) is 0 Å². The summed E-state index contributed by atoms with van der Waals surface area (Å²) in [5.74, 6) is 0.229. The van der Waals surface area contributed by atoms with Crippen LogP contribution < -0.4 is 9.47 Å². The zero-order chi connectivity index (χ0) is 11.7. The van der Waals surface area contributed by atoms with E-state index in [0.29, 0.717) is 12.2 Å². The van der Waals surface area contributed by atoms with Gasteiger partial charge in [-0.2, -0.15) is 0 Å². The van der Waals surface area contributed by atoms with Crippen molar-refractivity contribution < 1.29 is 19.4 Å². The minimum Gasteiger partial charge on any atom is -0.481 e. The smallest absolute Gasteiger partial charge is 0.306 e. The third kappa shape index (κ3) is 1.83. The molecule has 1 heterocycles. The van der Waals surface area contributed by atoms with Crippen LogP contribution in [0.5, 0.6) is 11.5 Å². The Morgan fingerprint density at radius 3 is 2.81 bits per heavy atom. The average Bonchev–Trinajstić information content (AvgIpc) is 2.71. The fourth-order valence-electron chi connectivity index (χ4n) is 1.76. The highest BCUT2D eigenvalue weighted by Crippen LogP contribution is 2.39. The molecule has 1 aliphatic rings. The van der Waals surface area contributed by atoms with Crippen molar-refractivity contribution in [3.05, 3.63) is 23.3 Å². The Bertz CT molecular complexity index is 425. The standard InChI is InChI=1S/C12H14O4/c1-7-3-4-9(5-8(2)12(13)14)11-10(7)15-6-16-11/h3-4,8H,5-6H2,1-2H3,(H,13,14). The molecule has 1 aromatic rings. The van der Waals surface area contributed by atoms with Gasteiger partial charge in [-0.3, -0.25) is 4.79 Å². The lowest BCUT2D eigenvalue weighted by molar-refractivity contribution is -0.141. The fraction of sp³-hybridized carbons (Fsp3) is 0.417. The highest BCUT2D eigenvalue weighted by molar-refractivity contribution is 5.70. The van der Waals surface area contributed by atoms with Gasteiger partial charge < -0.3 is 14.6 Å². The molecule has 0 aromatic heterocycles. The van der Waals surface area contributed by atoms with Crippen molar-refractivity contribution in [2.45, 2.75) is 20.3 Å². The largest absolute Gasteiger partial charge is 0.481 e. The van der Waals surface area contributed by atoms with Crippen molar-refractivity contribution in [3.8, 4) is 11.5 Å². The third-order valence-corrected chi connectivity index (χ3v) is 2.74. The lowest BCUT2D eigenvalue weighted by atomic mass is 9.99. The molecule has 0 saturated heterocycles. The summed E-state index contributed by atoms with van der Waals surface area (Å²) < 4.78 is 10.7. The van der Waals surface area contributed by atoms with Gasteiger partial charge in [0.25, 0.3) is 0 Å². The maximum atomic E-state index is 10.8. The van der Waals surface area contributed by atoms with Crippen LogP contribution in [0.2, 0.25) is 0 Å². The van der Waals surface area contributed by atoms with Gasteiger partial charge in [-0.15, -0.1) is 0 Å². The Morgan fingerprint density at radius 2 is 2.12 bits per heavy atom. The van der Waals surface area contributed by atoms with Gasteiger partial charge in [0.1, 0.15) is 0 Å². The van der Waals surface area contributed by atoms with Gasteiger partial charge >= 0.3 is 5.97 Å². The quantitative estimate of drug-likeness (QED) is 0.849. The van der Waals surface area contributed by atoms with Crippen LogP contribution in [-0.2, 0) is 11.2 Å². The summed E-state index contributed by atoms with van der Waals surface area (Å²) in [4.78, 5) is 10.8. The van der Waals surface area contributed by atoms with Crippen molar-refractivity contribution >= 4 is 5.97 Å². The fourth-order valence-corrected chi connectivity index (χ4v) is 1.76. The topological polar surface area (TPSA) is 55.8 Å². The van der Waals surface area contributed by atoms with Crippen molar-refractivity contribution in [1.82, 2.24) is 0 Å². The maximum absolute atomic E-state index is 10.8. The number of aryl methyl sites for hydroxylation is 1. The van der Waals surface area contributed by atoms with E-state index in [0.717, 1.165) is 16.9 Å². The second kappa shape index (κ2) is 4.04. The zero-order valence-electron chi connectivity index (χ0n) is 9.32. The highest BCUT2D eigenvalue weighted by Gasteiger charge is 2.22. The van der Waals surface area contributed by atoms with Gasteiger partial charge in [-0.05, 0) is 24.5 Å². The van der Waals surface area contributed by atoms with E-state index in [4.69, 9.17) is 14.6 Å². The minimum absolute atomic E-state index is 0.217. The molecule has 4 nitrogen and oxygen atoms in total. The molecule has 0 saturated carbocycles. The summed E-state index contributed by atoms with van der Waals surface area (Å²) in [6.07, 6.45) is 0.460.